The van der Waals surface area contributed by atoms with Crippen molar-refractivity contribution in [3.8, 4) is 17.6 Å². The Labute approximate surface area is 208 Å². The largest absolute Gasteiger partial charge is 0.493 e. The van der Waals surface area contributed by atoms with E-state index in [4.69, 9.17) is 9.47 Å². The summed E-state index contributed by atoms with van der Waals surface area (Å²) < 4.78 is 11.5. The van der Waals surface area contributed by atoms with Gasteiger partial charge in [-0.15, -0.1) is 0 Å². The summed E-state index contributed by atoms with van der Waals surface area (Å²) in [6.45, 7) is 0.482. The number of carbonyl (C=O) groups is 1. The Bertz CT molecular complexity index is 1400. The normalized spacial score (nSPS) is 22.6. The maximum Gasteiger partial charge on any atom is 0.256 e. The van der Waals surface area contributed by atoms with Crippen LogP contribution in [0, 0.1) is 21.4 Å². The topological polar surface area (TPSA) is 118 Å². The number of benzene rings is 3. The van der Waals surface area contributed by atoms with Crippen molar-refractivity contribution in [3.05, 3.63) is 99.1 Å². The predicted molar refractivity (Wildman–Crippen MR) is 131 cm³/mol. The zero-order valence-corrected chi connectivity index (χ0v) is 19.8. The Balaban J connectivity index is 1.49. The molecule has 2 aliphatic rings. The first kappa shape index (κ1) is 23.3. The van der Waals surface area contributed by atoms with Gasteiger partial charge in [0.15, 0.2) is 17.0 Å². The number of nitro groups is 1. The van der Waals surface area contributed by atoms with Gasteiger partial charge in [-0.2, -0.15) is 5.26 Å². The van der Waals surface area contributed by atoms with Crippen molar-refractivity contribution < 1.29 is 19.2 Å². The minimum Gasteiger partial charge on any atom is -0.493 e. The molecule has 182 valence electrons. The van der Waals surface area contributed by atoms with Crippen molar-refractivity contribution in [3.63, 3.8) is 0 Å². The standard InChI is InChI=1S/C27H24N4O5/c1-30-15-20(25(31(33)34)27(30)21-9-5-6-10-22(21)29-26(27)32)17-11-12-23(24(13-17)35-2)36-16-19-8-4-3-7-18(19)14-28/h3-13,20,25H,15-16H2,1-2H3,(H,29,32)/t20-,25+,27+/m0/s1. The van der Waals surface area contributed by atoms with Crippen molar-refractivity contribution in [2.75, 3.05) is 26.0 Å². The number of para-hydroxylation sites is 1. The second-order valence-electron chi connectivity index (χ2n) is 8.95. The summed E-state index contributed by atoms with van der Waals surface area (Å²) in [6.07, 6.45) is 0. The molecule has 9 heteroatoms. The molecular formula is C27H24N4O5. The van der Waals surface area contributed by atoms with Gasteiger partial charge in [-0.1, -0.05) is 42.5 Å². The number of methoxy groups -OCH3 is 1. The Morgan fingerprint density at radius 1 is 1.17 bits per heavy atom. The van der Waals surface area contributed by atoms with Crippen LogP contribution >= 0.6 is 0 Å². The lowest BCUT2D eigenvalue weighted by Gasteiger charge is -2.30. The number of hydrogen-bond acceptors (Lipinski definition) is 7. The highest BCUT2D eigenvalue weighted by atomic mass is 16.6. The molecule has 1 N–H and O–H groups in total. The lowest BCUT2D eigenvalue weighted by molar-refractivity contribution is -0.534. The first-order valence-electron chi connectivity index (χ1n) is 11.5. The van der Waals surface area contributed by atoms with Crippen molar-refractivity contribution in [2.24, 2.45) is 0 Å². The number of nitrogens with one attached hydrogen (secondary N) is 1. The number of rotatable bonds is 6. The van der Waals surface area contributed by atoms with E-state index in [1.165, 1.54) is 7.11 Å². The van der Waals surface area contributed by atoms with Gasteiger partial charge >= 0.3 is 0 Å². The average molecular weight is 485 g/mol. The van der Waals surface area contributed by atoms with Crippen molar-refractivity contribution in [2.45, 2.75) is 24.1 Å². The highest BCUT2D eigenvalue weighted by Crippen LogP contribution is 2.52. The third-order valence-electron chi connectivity index (χ3n) is 7.18. The zero-order valence-electron chi connectivity index (χ0n) is 19.8. The maximum atomic E-state index is 13.3. The smallest absolute Gasteiger partial charge is 0.256 e. The van der Waals surface area contributed by atoms with Gasteiger partial charge in [-0.25, -0.2) is 0 Å². The van der Waals surface area contributed by atoms with Crippen LogP contribution in [0.5, 0.6) is 11.5 Å². The molecule has 5 rings (SSSR count). The number of amides is 1. The molecule has 0 unspecified atom stereocenters. The molecule has 0 aromatic heterocycles. The number of fused-ring (bicyclic) bond motifs is 2. The van der Waals surface area contributed by atoms with E-state index in [9.17, 15) is 20.2 Å². The van der Waals surface area contributed by atoms with Crippen molar-refractivity contribution in [1.82, 2.24) is 4.90 Å². The molecule has 1 amide bonds. The Hall–Kier alpha value is -4.42. The van der Waals surface area contributed by atoms with Crippen molar-refractivity contribution in [1.29, 1.82) is 5.26 Å². The van der Waals surface area contributed by atoms with E-state index < -0.39 is 23.4 Å². The van der Waals surface area contributed by atoms with Gasteiger partial charge in [-0.3, -0.25) is 19.8 Å². The van der Waals surface area contributed by atoms with E-state index in [0.717, 1.165) is 5.56 Å². The molecule has 9 nitrogen and oxygen atoms in total. The molecule has 36 heavy (non-hydrogen) atoms. The van der Waals surface area contributed by atoms with Crippen LogP contribution in [0.1, 0.15) is 28.2 Å². The third-order valence-corrected chi connectivity index (χ3v) is 7.18. The van der Waals surface area contributed by atoms with Crippen LogP contribution in [0.25, 0.3) is 0 Å². The second-order valence-corrected chi connectivity index (χ2v) is 8.95. The molecule has 3 atom stereocenters. The molecule has 0 radical (unpaired) electrons. The molecule has 1 spiro atoms. The summed E-state index contributed by atoms with van der Waals surface area (Å²) >= 11 is 0. The van der Waals surface area contributed by atoms with E-state index >= 15 is 0 Å². The zero-order chi connectivity index (χ0) is 25.4. The predicted octanol–water partition coefficient (Wildman–Crippen LogP) is 3.67. The van der Waals surface area contributed by atoms with Gasteiger partial charge in [0, 0.05) is 28.3 Å². The Morgan fingerprint density at radius 2 is 1.92 bits per heavy atom. The molecule has 3 aromatic carbocycles. The van der Waals surface area contributed by atoms with Crippen LogP contribution in [0.2, 0.25) is 0 Å². The fourth-order valence-corrected chi connectivity index (χ4v) is 5.52. The Kier molecular flexibility index (Phi) is 5.82. The Morgan fingerprint density at radius 3 is 2.67 bits per heavy atom. The number of hydrogen-bond donors (Lipinski definition) is 1. The number of ether oxygens (including phenoxy) is 2. The van der Waals surface area contributed by atoms with Crippen LogP contribution in [0.3, 0.4) is 0 Å². The van der Waals surface area contributed by atoms with Crippen LogP contribution in [0.15, 0.2) is 66.7 Å². The van der Waals surface area contributed by atoms with Crippen LogP contribution in [-0.2, 0) is 16.9 Å². The first-order chi connectivity index (χ1) is 17.4. The highest BCUT2D eigenvalue weighted by molar-refractivity contribution is 6.06. The van der Waals surface area contributed by atoms with Crippen molar-refractivity contribution >= 4 is 11.6 Å². The molecule has 0 aliphatic carbocycles. The molecule has 3 aromatic rings. The molecule has 2 heterocycles. The van der Waals surface area contributed by atoms with Gasteiger partial charge in [0.1, 0.15) is 6.61 Å². The maximum absolute atomic E-state index is 13.3. The molecule has 1 saturated heterocycles. The summed E-state index contributed by atoms with van der Waals surface area (Å²) in [5, 5.41) is 24.7. The summed E-state index contributed by atoms with van der Waals surface area (Å²) in [5.41, 5.74) is 1.75. The number of carbonyl (C=O) groups excluding carboxylic acids is 1. The fourth-order valence-electron chi connectivity index (χ4n) is 5.52. The van der Waals surface area contributed by atoms with Gasteiger partial charge < -0.3 is 14.8 Å². The number of nitriles is 1. The van der Waals surface area contributed by atoms with Crippen LogP contribution in [-0.4, -0.2) is 42.5 Å². The van der Waals surface area contributed by atoms with Gasteiger partial charge in [0.25, 0.3) is 11.9 Å². The molecule has 1 fully saturated rings. The summed E-state index contributed by atoms with van der Waals surface area (Å²) in [6, 6.07) is 20.5. The van der Waals surface area contributed by atoms with E-state index in [-0.39, 0.29) is 11.5 Å². The van der Waals surface area contributed by atoms with E-state index in [0.29, 0.717) is 40.4 Å². The number of anilines is 1. The SMILES string of the molecule is COc1cc([C@@H]2CN(C)[C@@]3(C(=O)Nc4ccccc43)[C@@H]2[N+](=O)[O-])ccc1OCc1ccccc1C#N. The first-order valence-corrected chi connectivity index (χ1v) is 11.5. The van der Waals surface area contributed by atoms with Gasteiger partial charge in [0.05, 0.1) is 24.7 Å². The number of nitrogens with zero attached hydrogens (tertiary/aromatic N) is 3. The van der Waals surface area contributed by atoms with Gasteiger partial charge in [-0.05, 0) is 36.9 Å². The fraction of sp³-hybridized carbons (Fsp3) is 0.259. The molecule has 0 bridgehead atoms. The molecule has 0 saturated carbocycles. The minimum atomic E-state index is -1.41. The third kappa shape index (κ3) is 3.46. The quantitative estimate of drug-likeness (QED) is 0.419. The van der Waals surface area contributed by atoms with Crippen LogP contribution in [0.4, 0.5) is 5.69 Å². The molecule has 2 aliphatic heterocycles. The lowest BCUT2D eigenvalue weighted by Crippen LogP contribution is -2.54. The molecular weight excluding hydrogens is 460 g/mol. The van der Waals surface area contributed by atoms with Gasteiger partial charge in [0.2, 0.25) is 0 Å². The second kappa shape index (κ2) is 8.98. The minimum absolute atomic E-state index is 0.170. The summed E-state index contributed by atoms with van der Waals surface area (Å²) in [4.78, 5) is 27.2. The van der Waals surface area contributed by atoms with E-state index in [2.05, 4.69) is 11.4 Å². The highest BCUT2D eigenvalue weighted by Gasteiger charge is 2.68. The average Bonchev–Trinajstić information content (AvgIpc) is 3.37. The van der Waals surface area contributed by atoms with E-state index in [1.54, 1.807) is 66.5 Å². The number of likely N-dealkylation sites (N-methyl/N-ethyl adjacent to an activating group) is 1. The monoisotopic (exact) mass is 484 g/mol. The van der Waals surface area contributed by atoms with Crippen LogP contribution < -0.4 is 14.8 Å². The van der Waals surface area contributed by atoms with E-state index in [1.807, 2.05) is 12.1 Å². The summed E-state index contributed by atoms with van der Waals surface area (Å²) in [7, 11) is 3.25. The lowest BCUT2D eigenvalue weighted by atomic mass is 9.79. The summed E-state index contributed by atoms with van der Waals surface area (Å²) in [5.74, 6) is -0.0803. The number of likely N-dealkylation sites (tertiary alicyclic amines) is 1.